The van der Waals surface area contributed by atoms with Crippen molar-refractivity contribution >= 4 is 8.32 Å². The fourth-order valence-corrected chi connectivity index (χ4v) is 10.3. The first-order valence-corrected chi connectivity index (χ1v) is 12.4. The van der Waals surface area contributed by atoms with E-state index in [-0.39, 0.29) is 0 Å². The van der Waals surface area contributed by atoms with Gasteiger partial charge in [-0.3, -0.25) is 0 Å². The monoisotopic (exact) mass is 341 g/mol. The van der Waals surface area contributed by atoms with Crippen LogP contribution in [0.15, 0.2) is 0 Å². The first-order chi connectivity index (χ1) is 10.8. The Morgan fingerprint density at radius 3 is 2.09 bits per heavy atom. The summed E-state index contributed by atoms with van der Waals surface area (Å²) in [6, 6.07) is 0.592. The van der Waals surface area contributed by atoms with Gasteiger partial charge >= 0.3 is 0 Å². The third-order valence-corrected chi connectivity index (χ3v) is 12.1. The summed E-state index contributed by atoms with van der Waals surface area (Å²) in [5.74, 6) is 0.883. The van der Waals surface area contributed by atoms with Crippen molar-refractivity contribution in [3.05, 3.63) is 0 Å². The van der Waals surface area contributed by atoms with Crippen LogP contribution in [0.25, 0.3) is 0 Å². The number of nitrogens with one attached hydrogen (secondary N) is 1. The average Bonchev–Trinajstić information content (AvgIpc) is 2.91. The van der Waals surface area contributed by atoms with Crippen LogP contribution in [0.2, 0.25) is 16.6 Å². The van der Waals surface area contributed by atoms with Crippen LogP contribution in [-0.4, -0.2) is 27.5 Å². The summed E-state index contributed by atoms with van der Waals surface area (Å²) < 4.78 is 6.77. The zero-order chi connectivity index (χ0) is 17.5. The maximum atomic E-state index is 6.77. The Balaban J connectivity index is 2.44. The van der Waals surface area contributed by atoms with E-state index in [0.29, 0.717) is 22.7 Å². The first-order valence-electron chi connectivity index (χ1n) is 10.2. The van der Waals surface area contributed by atoms with Crippen molar-refractivity contribution in [2.75, 3.05) is 13.2 Å². The zero-order valence-electron chi connectivity index (χ0n) is 17.0. The minimum Gasteiger partial charge on any atom is -0.414 e. The molecule has 1 N–H and O–H groups in total. The molecule has 138 valence electrons. The normalized spacial score (nSPS) is 22.7. The van der Waals surface area contributed by atoms with Gasteiger partial charge in [0.05, 0.1) is 0 Å². The van der Waals surface area contributed by atoms with Crippen molar-refractivity contribution in [3.63, 3.8) is 0 Å². The van der Waals surface area contributed by atoms with Crippen LogP contribution in [0.3, 0.4) is 0 Å². The molecule has 2 nitrogen and oxygen atoms in total. The van der Waals surface area contributed by atoms with Gasteiger partial charge in [-0.15, -0.1) is 0 Å². The molecule has 0 aromatic rings. The third-order valence-electron chi connectivity index (χ3n) is 6.02. The summed E-state index contributed by atoms with van der Waals surface area (Å²) >= 11 is 0. The Hall–Kier alpha value is 0.137. The Kier molecular flexibility index (Phi) is 9.39. The fourth-order valence-electron chi connectivity index (χ4n) is 4.85. The number of rotatable bonds is 11. The van der Waals surface area contributed by atoms with E-state index in [4.69, 9.17) is 4.43 Å². The molecule has 3 heteroatoms. The summed E-state index contributed by atoms with van der Waals surface area (Å²) in [6.45, 7) is 18.7. The van der Waals surface area contributed by atoms with E-state index in [1.165, 1.54) is 45.1 Å². The molecule has 1 heterocycles. The van der Waals surface area contributed by atoms with Crippen molar-refractivity contribution in [3.8, 4) is 0 Å². The summed E-state index contributed by atoms with van der Waals surface area (Å²) in [5, 5.41) is 3.73. The second-order valence-electron chi connectivity index (χ2n) is 8.68. The van der Waals surface area contributed by atoms with Crippen LogP contribution >= 0.6 is 0 Å². The van der Waals surface area contributed by atoms with E-state index in [9.17, 15) is 0 Å². The minimum atomic E-state index is -1.69. The summed E-state index contributed by atoms with van der Waals surface area (Å²) in [7, 11) is -1.69. The van der Waals surface area contributed by atoms with Crippen LogP contribution in [0, 0.1) is 5.92 Å². The maximum absolute atomic E-state index is 6.77. The van der Waals surface area contributed by atoms with Gasteiger partial charge in [-0.05, 0) is 41.9 Å². The molecule has 1 rings (SSSR count). The molecule has 0 aromatic heterocycles. The van der Waals surface area contributed by atoms with E-state index < -0.39 is 8.32 Å². The largest absolute Gasteiger partial charge is 0.414 e. The highest BCUT2D eigenvalue weighted by molar-refractivity contribution is 6.77. The van der Waals surface area contributed by atoms with Crippen molar-refractivity contribution in [1.29, 1.82) is 0 Å². The van der Waals surface area contributed by atoms with E-state index in [0.717, 1.165) is 12.5 Å². The van der Waals surface area contributed by atoms with Crippen LogP contribution in [0.4, 0.5) is 0 Å². The van der Waals surface area contributed by atoms with Crippen LogP contribution in [-0.2, 0) is 4.43 Å². The Morgan fingerprint density at radius 1 is 0.957 bits per heavy atom. The Labute approximate surface area is 147 Å². The quantitative estimate of drug-likeness (QED) is 0.361. The second kappa shape index (κ2) is 10.2. The topological polar surface area (TPSA) is 21.3 Å². The molecular weight excluding hydrogens is 298 g/mol. The molecule has 0 radical (unpaired) electrons. The van der Waals surface area contributed by atoms with Crippen molar-refractivity contribution in [2.45, 2.75) is 110 Å². The van der Waals surface area contributed by atoms with Gasteiger partial charge in [0.15, 0.2) is 8.32 Å². The highest BCUT2D eigenvalue weighted by Gasteiger charge is 2.45. The summed E-state index contributed by atoms with van der Waals surface area (Å²) in [4.78, 5) is 0. The molecule has 0 amide bonds. The standard InChI is InChI=1S/C20H43NOSi/c1-8-9-10-11-12-19-13-20(21-14-19)15-22-23(16(2)3,17(4)5)18(6)7/h16-21H,8-15H2,1-7H3/t19-,20-/m1/s1. The number of unbranched alkanes of at least 4 members (excludes halogenated alkanes) is 3. The lowest BCUT2D eigenvalue weighted by Crippen LogP contribution is -2.49. The van der Waals surface area contributed by atoms with Crippen molar-refractivity contribution in [2.24, 2.45) is 5.92 Å². The number of hydrogen-bond donors (Lipinski definition) is 1. The zero-order valence-corrected chi connectivity index (χ0v) is 18.0. The molecule has 0 saturated carbocycles. The predicted octanol–water partition coefficient (Wildman–Crippen LogP) is 6.13. The van der Waals surface area contributed by atoms with Crippen LogP contribution in [0.1, 0.15) is 87.0 Å². The van der Waals surface area contributed by atoms with Gasteiger partial charge < -0.3 is 9.74 Å². The molecule has 0 spiro atoms. The van der Waals surface area contributed by atoms with Gasteiger partial charge in [0, 0.05) is 12.6 Å². The van der Waals surface area contributed by atoms with Gasteiger partial charge in [0.2, 0.25) is 0 Å². The molecule has 0 bridgehead atoms. The molecule has 0 aliphatic carbocycles. The van der Waals surface area contributed by atoms with Gasteiger partial charge in [0.1, 0.15) is 0 Å². The van der Waals surface area contributed by atoms with Crippen molar-refractivity contribution < 1.29 is 4.43 Å². The highest BCUT2D eigenvalue weighted by Crippen LogP contribution is 2.42. The lowest BCUT2D eigenvalue weighted by molar-refractivity contribution is 0.242. The molecule has 1 aliphatic heterocycles. The smallest absolute Gasteiger partial charge is 0.200 e. The molecular formula is C20H43NOSi. The first kappa shape index (κ1) is 21.2. The molecule has 1 aliphatic rings. The van der Waals surface area contributed by atoms with E-state index in [1.54, 1.807) is 0 Å². The lowest BCUT2D eigenvalue weighted by Gasteiger charge is -2.42. The van der Waals surface area contributed by atoms with Crippen LogP contribution < -0.4 is 5.32 Å². The molecule has 0 unspecified atom stereocenters. The third kappa shape index (κ3) is 5.86. The highest BCUT2D eigenvalue weighted by atomic mass is 28.4. The summed E-state index contributed by atoms with van der Waals surface area (Å²) in [5.41, 5.74) is 2.07. The van der Waals surface area contributed by atoms with Gasteiger partial charge in [0.25, 0.3) is 0 Å². The van der Waals surface area contributed by atoms with E-state index in [1.807, 2.05) is 0 Å². The van der Waals surface area contributed by atoms with Gasteiger partial charge in [-0.25, -0.2) is 0 Å². The Bertz CT molecular complexity index is 295. The van der Waals surface area contributed by atoms with Crippen molar-refractivity contribution in [1.82, 2.24) is 5.32 Å². The van der Waals surface area contributed by atoms with Crippen LogP contribution in [0.5, 0.6) is 0 Å². The fraction of sp³-hybridized carbons (Fsp3) is 1.00. The van der Waals surface area contributed by atoms with Gasteiger partial charge in [-0.2, -0.15) is 0 Å². The SMILES string of the molecule is CCCCCC[C@H]1CN[C@@H](CO[Si](C(C)C)(C(C)C)C(C)C)C1. The van der Waals surface area contributed by atoms with Gasteiger partial charge in [-0.1, -0.05) is 74.1 Å². The second-order valence-corrected chi connectivity index (χ2v) is 14.1. The molecule has 23 heavy (non-hydrogen) atoms. The molecule has 0 aromatic carbocycles. The minimum absolute atomic E-state index is 0.592. The Morgan fingerprint density at radius 2 is 1.57 bits per heavy atom. The number of hydrogen-bond acceptors (Lipinski definition) is 2. The van der Waals surface area contributed by atoms with E-state index >= 15 is 0 Å². The maximum Gasteiger partial charge on any atom is 0.200 e. The predicted molar refractivity (Wildman–Crippen MR) is 106 cm³/mol. The summed E-state index contributed by atoms with van der Waals surface area (Å²) in [6.07, 6.45) is 8.30. The lowest BCUT2D eigenvalue weighted by atomic mass is 9.98. The average molecular weight is 342 g/mol. The molecule has 1 saturated heterocycles. The molecule has 2 atom stereocenters. The molecule has 1 fully saturated rings. The van der Waals surface area contributed by atoms with E-state index in [2.05, 4.69) is 53.8 Å².